The Kier molecular flexibility index (Phi) is 8.37. The average Bonchev–Trinajstić information content (AvgIpc) is 3.41. The molecule has 0 aliphatic rings. The third-order valence-electron chi connectivity index (χ3n) is 5.97. The Balaban J connectivity index is 1.60. The van der Waals surface area contributed by atoms with E-state index in [2.05, 4.69) is 44.7 Å². The molecule has 0 fully saturated rings. The quantitative estimate of drug-likeness (QED) is 0.229. The number of halogens is 3. The fraction of sp³-hybridized carbons (Fsp3) is 0.333. The molecule has 0 saturated carbocycles. The van der Waals surface area contributed by atoms with E-state index in [9.17, 15) is 18.0 Å². The van der Waals surface area contributed by atoms with Crippen molar-refractivity contribution in [3.63, 3.8) is 0 Å². The first-order valence-corrected chi connectivity index (χ1v) is 12.2. The van der Waals surface area contributed by atoms with Gasteiger partial charge in [-0.25, -0.2) is 0 Å². The molecule has 194 valence electrons. The van der Waals surface area contributed by atoms with Gasteiger partial charge in [0.05, 0.1) is 12.2 Å². The molecule has 2 heterocycles. The first kappa shape index (κ1) is 26.1. The van der Waals surface area contributed by atoms with Gasteiger partial charge in [-0.2, -0.15) is 18.4 Å². The molecular weight excluding hydrogens is 483 g/mol. The first-order valence-electron chi connectivity index (χ1n) is 12.2. The lowest BCUT2D eigenvalue weighted by Crippen LogP contribution is -2.12. The number of nitrogens with one attached hydrogen (secondary N) is 2. The lowest BCUT2D eigenvalue weighted by molar-refractivity contribution is -0.136. The number of ether oxygens (including phenoxy) is 1. The summed E-state index contributed by atoms with van der Waals surface area (Å²) < 4.78 is 42.4. The van der Waals surface area contributed by atoms with Gasteiger partial charge in [-0.15, -0.1) is 10.2 Å². The predicted octanol–water partition coefficient (Wildman–Crippen LogP) is 6.34. The molecule has 0 radical (unpaired) electrons. The number of aryl methyl sites for hydroxylation is 1. The van der Waals surface area contributed by atoms with E-state index >= 15 is 0 Å². The summed E-state index contributed by atoms with van der Waals surface area (Å²) >= 11 is 0. The van der Waals surface area contributed by atoms with Gasteiger partial charge in [0.1, 0.15) is 5.75 Å². The zero-order chi connectivity index (χ0) is 26.3. The van der Waals surface area contributed by atoms with E-state index < -0.39 is 12.6 Å². The van der Waals surface area contributed by atoms with Crippen LogP contribution in [0, 0.1) is 0 Å². The van der Waals surface area contributed by atoms with Gasteiger partial charge in [0.15, 0.2) is 0 Å². The SMILES string of the molecule is CCCCCc1ccc(-c2cc(-c3ccc(OCCCC(F)(F)F)cc3)[nH]c(=O)c2-c2nn[nH]n2)cc1. The minimum absolute atomic E-state index is 0.0341. The van der Waals surface area contributed by atoms with Crippen molar-refractivity contribution in [2.24, 2.45) is 0 Å². The average molecular weight is 512 g/mol. The van der Waals surface area contributed by atoms with Crippen molar-refractivity contribution in [1.29, 1.82) is 0 Å². The Labute approximate surface area is 212 Å². The summed E-state index contributed by atoms with van der Waals surface area (Å²) in [5.41, 5.74) is 3.96. The number of hydrogen-bond acceptors (Lipinski definition) is 5. The summed E-state index contributed by atoms with van der Waals surface area (Å²) in [6, 6.07) is 16.8. The molecule has 0 aliphatic carbocycles. The fourth-order valence-corrected chi connectivity index (χ4v) is 4.06. The fourth-order valence-electron chi connectivity index (χ4n) is 4.06. The van der Waals surface area contributed by atoms with Crippen molar-refractivity contribution < 1.29 is 17.9 Å². The van der Waals surface area contributed by atoms with Crippen LogP contribution in [0.2, 0.25) is 0 Å². The maximum Gasteiger partial charge on any atom is 0.389 e. The zero-order valence-electron chi connectivity index (χ0n) is 20.4. The minimum atomic E-state index is -4.19. The third-order valence-corrected chi connectivity index (χ3v) is 5.97. The molecule has 0 spiro atoms. The first-order chi connectivity index (χ1) is 17.8. The van der Waals surface area contributed by atoms with E-state index in [-0.39, 0.29) is 24.4 Å². The highest BCUT2D eigenvalue weighted by Crippen LogP contribution is 2.31. The number of aromatic nitrogens is 5. The Bertz CT molecular complexity index is 1330. The molecule has 0 bridgehead atoms. The largest absolute Gasteiger partial charge is 0.494 e. The Hall–Kier alpha value is -3.95. The Morgan fingerprint density at radius 2 is 1.68 bits per heavy atom. The molecular formula is C27H28F3N5O2. The smallest absolute Gasteiger partial charge is 0.389 e. The van der Waals surface area contributed by atoms with Gasteiger partial charge < -0.3 is 9.72 Å². The second-order valence-electron chi connectivity index (χ2n) is 8.78. The number of H-pyrrole nitrogens is 2. The van der Waals surface area contributed by atoms with Crippen LogP contribution in [-0.2, 0) is 6.42 Å². The summed E-state index contributed by atoms with van der Waals surface area (Å²) in [6.45, 7) is 2.14. The molecule has 37 heavy (non-hydrogen) atoms. The lowest BCUT2D eigenvalue weighted by atomic mass is 9.96. The molecule has 0 unspecified atom stereocenters. The summed E-state index contributed by atoms with van der Waals surface area (Å²) in [5, 5.41) is 14.0. The number of alkyl halides is 3. The Morgan fingerprint density at radius 1 is 0.946 bits per heavy atom. The van der Waals surface area contributed by atoms with Crippen molar-refractivity contribution >= 4 is 0 Å². The monoisotopic (exact) mass is 511 g/mol. The van der Waals surface area contributed by atoms with E-state index in [1.165, 1.54) is 12.0 Å². The van der Waals surface area contributed by atoms with Gasteiger partial charge in [-0.3, -0.25) is 4.79 Å². The van der Waals surface area contributed by atoms with Crippen molar-refractivity contribution in [1.82, 2.24) is 25.6 Å². The van der Waals surface area contributed by atoms with Crippen LogP contribution in [-0.4, -0.2) is 38.4 Å². The van der Waals surface area contributed by atoms with E-state index in [0.717, 1.165) is 30.4 Å². The van der Waals surface area contributed by atoms with Crippen LogP contribution in [0.4, 0.5) is 13.2 Å². The number of benzene rings is 2. The van der Waals surface area contributed by atoms with E-state index in [4.69, 9.17) is 4.74 Å². The molecule has 10 heteroatoms. The van der Waals surface area contributed by atoms with Crippen molar-refractivity contribution in [2.45, 2.75) is 51.6 Å². The highest BCUT2D eigenvalue weighted by molar-refractivity contribution is 5.83. The highest BCUT2D eigenvalue weighted by atomic mass is 19.4. The van der Waals surface area contributed by atoms with Crippen LogP contribution in [0.1, 0.15) is 44.6 Å². The van der Waals surface area contributed by atoms with E-state index in [1.54, 1.807) is 24.3 Å². The van der Waals surface area contributed by atoms with Crippen LogP contribution < -0.4 is 10.3 Å². The number of tetrazole rings is 1. The number of rotatable bonds is 11. The van der Waals surface area contributed by atoms with Crippen molar-refractivity contribution in [3.8, 4) is 39.5 Å². The lowest BCUT2D eigenvalue weighted by Gasteiger charge is -2.12. The standard InChI is InChI=1S/C27H28F3N5O2/c1-2-3-4-6-18-7-9-19(10-8-18)22-17-23(31-26(36)24(22)25-32-34-35-33-25)20-11-13-21(14-12-20)37-16-5-15-27(28,29)30/h7-14,17H,2-6,15-16H2,1H3,(H,31,36)(H,32,33,34,35). The van der Waals surface area contributed by atoms with Crippen molar-refractivity contribution in [3.05, 3.63) is 70.5 Å². The van der Waals surface area contributed by atoms with Gasteiger partial charge in [-0.05, 0) is 71.5 Å². The van der Waals surface area contributed by atoms with Crippen LogP contribution in [0.3, 0.4) is 0 Å². The van der Waals surface area contributed by atoms with Gasteiger partial charge in [-0.1, -0.05) is 44.0 Å². The zero-order valence-corrected chi connectivity index (χ0v) is 20.4. The van der Waals surface area contributed by atoms with Crippen LogP contribution in [0.5, 0.6) is 5.75 Å². The van der Waals surface area contributed by atoms with Crippen LogP contribution in [0.25, 0.3) is 33.8 Å². The van der Waals surface area contributed by atoms with Gasteiger partial charge in [0.2, 0.25) is 5.82 Å². The maximum absolute atomic E-state index is 13.2. The second-order valence-corrected chi connectivity index (χ2v) is 8.78. The molecule has 2 aromatic carbocycles. The minimum Gasteiger partial charge on any atom is -0.494 e. The van der Waals surface area contributed by atoms with E-state index in [0.29, 0.717) is 22.6 Å². The maximum atomic E-state index is 13.2. The molecule has 4 rings (SSSR count). The molecule has 2 aromatic heterocycles. The number of aromatic amines is 2. The summed E-state index contributed by atoms with van der Waals surface area (Å²) in [7, 11) is 0. The molecule has 0 atom stereocenters. The summed E-state index contributed by atoms with van der Waals surface area (Å²) in [5.74, 6) is 0.646. The molecule has 0 amide bonds. The third kappa shape index (κ3) is 7.05. The van der Waals surface area contributed by atoms with Gasteiger partial charge >= 0.3 is 6.18 Å². The Morgan fingerprint density at radius 3 is 2.32 bits per heavy atom. The van der Waals surface area contributed by atoms with Crippen molar-refractivity contribution in [2.75, 3.05) is 6.61 Å². The summed E-state index contributed by atoms with van der Waals surface area (Å²) in [4.78, 5) is 16.1. The van der Waals surface area contributed by atoms with Crippen LogP contribution in [0.15, 0.2) is 59.4 Å². The van der Waals surface area contributed by atoms with Gasteiger partial charge in [0, 0.05) is 17.7 Å². The van der Waals surface area contributed by atoms with E-state index in [1.807, 2.05) is 18.2 Å². The molecule has 2 N–H and O–H groups in total. The number of nitrogens with zero attached hydrogens (tertiary/aromatic N) is 3. The van der Waals surface area contributed by atoms with Gasteiger partial charge in [0.25, 0.3) is 5.56 Å². The second kappa shape index (κ2) is 11.9. The van der Waals surface area contributed by atoms with Crippen LogP contribution >= 0.6 is 0 Å². The number of pyridine rings is 1. The number of unbranched alkanes of at least 4 members (excludes halogenated alkanes) is 2. The normalized spacial score (nSPS) is 11.6. The molecule has 0 aliphatic heterocycles. The topological polar surface area (TPSA) is 96.5 Å². The molecule has 0 saturated heterocycles. The number of hydrogen-bond donors (Lipinski definition) is 2. The summed E-state index contributed by atoms with van der Waals surface area (Å²) in [6.07, 6.45) is -0.734. The molecule has 4 aromatic rings. The predicted molar refractivity (Wildman–Crippen MR) is 135 cm³/mol. The highest BCUT2D eigenvalue weighted by Gasteiger charge is 2.26. The molecule has 7 nitrogen and oxygen atoms in total.